The molecule has 0 bridgehead atoms. The lowest BCUT2D eigenvalue weighted by Gasteiger charge is -2.18. The minimum atomic E-state index is -0.372. The van der Waals surface area contributed by atoms with E-state index >= 15 is 0 Å². The second-order valence-corrected chi connectivity index (χ2v) is 6.38. The van der Waals surface area contributed by atoms with Crippen molar-refractivity contribution in [3.05, 3.63) is 38.3 Å². The van der Waals surface area contributed by atoms with Crippen LogP contribution in [-0.2, 0) is 6.54 Å². The Bertz CT molecular complexity index is 427. The number of halogens is 1. The van der Waals surface area contributed by atoms with Gasteiger partial charge in [0.2, 0.25) is 0 Å². The molecule has 1 aromatic carbocycles. The van der Waals surface area contributed by atoms with E-state index in [0.717, 1.165) is 18.5 Å². The first-order valence-corrected chi connectivity index (χ1v) is 6.72. The molecular formula is C13H19BrN2O2. The monoisotopic (exact) mass is 314 g/mol. The van der Waals surface area contributed by atoms with Crippen molar-refractivity contribution in [3.63, 3.8) is 0 Å². The SMILES string of the molecule is CC(C)(C)CCNCc1ccc(Br)c([N+](=O)[O-])c1. The van der Waals surface area contributed by atoms with Crippen LogP contribution >= 0.6 is 15.9 Å². The van der Waals surface area contributed by atoms with Crippen LogP contribution in [0.3, 0.4) is 0 Å². The third-order valence-corrected chi connectivity index (χ3v) is 3.26. The van der Waals surface area contributed by atoms with E-state index in [1.807, 2.05) is 6.07 Å². The predicted molar refractivity (Wildman–Crippen MR) is 76.6 cm³/mol. The van der Waals surface area contributed by atoms with Gasteiger partial charge in [-0.3, -0.25) is 10.1 Å². The number of nitro benzene ring substituents is 1. The molecule has 5 heteroatoms. The van der Waals surface area contributed by atoms with Gasteiger partial charge in [0, 0.05) is 12.6 Å². The van der Waals surface area contributed by atoms with Gasteiger partial charge in [0.25, 0.3) is 5.69 Å². The molecule has 1 aromatic rings. The number of nitrogens with zero attached hydrogens (tertiary/aromatic N) is 1. The molecule has 0 atom stereocenters. The maximum absolute atomic E-state index is 10.8. The van der Waals surface area contributed by atoms with E-state index in [2.05, 4.69) is 42.0 Å². The Morgan fingerprint density at radius 2 is 2.06 bits per heavy atom. The van der Waals surface area contributed by atoms with Gasteiger partial charge >= 0.3 is 0 Å². The minimum absolute atomic E-state index is 0.116. The van der Waals surface area contributed by atoms with Gasteiger partial charge in [0.15, 0.2) is 0 Å². The van der Waals surface area contributed by atoms with Gasteiger partial charge in [-0.05, 0) is 45.9 Å². The van der Waals surface area contributed by atoms with Crippen molar-refractivity contribution >= 4 is 21.6 Å². The molecule has 1 rings (SSSR count). The summed E-state index contributed by atoms with van der Waals surface area (Å²) in [6.45, 7) is 8.15. The zero-order valence-corrected chi connectivity index (χ0v) is 12.6. The summed E-state index contributed by atoms with van der Waals surface area (Å²) in [7, 11) is 0. The maximum Gasteiger partial charge on any atom is 0.283 e. The van der Waals surface area contributed by atoms with Gasteiger partial charge in [-0.25, -0.2) is 0 Å². The number of hydrogen-bond donors (Lipinski definition) is 1. The zero-order valence-electron chi connectivity index (χ0n) is 11.0. The highest BCUT2D eigenvalue weighted by atomic mass is 79.9. The lowest BCUT2D eigenvalue weighted by molar-refractivity contribution is -0.385. The molecule has 0 radical (unpaired) electrons. The Kier molecular flexibility index (Phi) is 5.28. The van der Waals surface area contributed by atoms with Crippen molar-refractivity contribution in [2.75, 3.05) is 6.54 Å². The second-order valence-electron chi connectivity index (χ2n) is 5.53. The summed E-state index contributed by atoms with van der Waals surface area (Å²) in [5.41, 5.74) is 1.35. The molecule has 0 aliphatic carbocycles. The molecule has 0 unspecified atom stereocenters. The zero-order chi connectivity index (χ0) is 13.8. The Balaban J connectivity index is 2.53. The van der Waals surface area contributed by atoms with Crippen LogP contribution in [0.25, 0.3) is 0 Å². The number of hydrogen-bond acceptors (Lipinski definition) is 3. The van der Waals surface area contributed by atoms with Crippen LogP contribution in [0.4, 0.5) is 5.69 Å². The van der Waals surface area contributed by atoms with Crippen LogP contribution in [0.2, 0.25) is 0 Å². The fraction of sp³-hybridized carbons (Fsp3) is 0.538. The van der Waals surface area contributed by atoms with E-state index < -0.39 is 0 Å². The van der Waals surface area contributed by atoms with Crippen LogP contribution in [0.1, 0.15) is 32.8 Å². The first kappa shape index (κ1) is 15.1. The number of nitro groups is 1. The molecule has 0 saturated heterocycles. The molecule has 4 nitrogen and oxygen atoms in total. The lowest BCUT2D eigenvalue weighted by Crippen LogP contribution is -2.20. The van der Waals surface area contributed by atoms with E-state index in [1.54, 1.807) is 12.1 Å². The molecule has 1 N–H and O–H groups in total. The average molecular weight is 315 g/mol. The van der Waals surface area contributed by atoms with Gasteiger partial charge in [0.05, 0.1) is 9.40 Å². The average Bonchev–Trinajstić information content (AvgIpc) is 2.24. The van der Waals surface area contributed by atoms with Crippen molar-refractivity contribution < 1.29 is 4.92 Å². The number of benzene rings is 1. The van der Waals surface area contributed by atoms with E-state index in [1.165, 1.54) is 0 Å². The second kappa shape index (κ2) is 6.29. The normalized spacial score (nSPS) is 11.6. The van der Waals surface area contributed by atoms with Crippen LogP contribution < -0.4 is 5.32 Å². The Morgan fingerprint density at radius 1 is 1.39 bits per heavy atom. The van der Waals surface area contributed by atoms with Gasteiger partial charge in [0.1, 0.15) is 0 Å². The van der Waals surface area contributed by atoms with Crippen molar-refractivity contribution in [3.8, 4) is 0 Å². The molecule has 0 fully saturated rings. The topological polar surface area (TPSA) is 55.2 Å². The van der Waals surface area contributed by atoms with Crippen molar-refractivity contribution in [1.29, 1.82) is 0 Å². The van der Waals surface area contributed by atoms with Crippen LogP contribution in [0.15, 0.2) is 22.7 Å². The fourth-order valence-corrected chi connectivity index (χ4v) is 1.90. The lowest BCUT2D eigenvalue weighted by atomic mass is 9.92. The summed E-state index contributed by atoms with van der Waals surface area (Å²) >= 11 is 3.18. The first-order chi connectivity index (χ1) is 8.29. The van der Waals surface area contributed by atoms with E-state index in [-0.39, 0.29) is 10.6 Å². The fourth-order valence-electron chi connectivity index (χ4n) is 1.50. The van der Waals surface area contributed by atoms with Gasteiger partial charge in [-0.2, -0.15) is 0 Å². The summed E-state index contributed by atoms with van der Waals surface area (Å²) in [5.74, 6) is 0. The summed E-state index contributed by atoms with van der Waals surface area (Å²) in [6.07, 6.45) is 1.08. The maximum atomic E-state index is 10.8. The molecule has 100 valence electrons. The van der Waals surface area contributed by atoms with Crippen molar-refractivity contribution in [1.82, 2.24) is 5.32 Å². The molecular weight excluding hydrogens is 296 g/mol. The largest absolute Gasteiger partial charge is 0.313 e. The van der Waals surface area contributed by atoms with E-state index in [0.29, 0.717) is 16.4 Å². The van der Waals surface area contributed by atoms with Crippen LogP contribution in [0.5, 0.6) is 0 Å². The third kappa shape index (κ3) is 5.14. The molecule has 0 amide bonds. The van der Waals surface area contributed by atoms with Crippen molar-refractivity contribution in [2.24, 2.45) is 5.41 Å². The molecule has 0 saturated carbocycles. The highest BCUT2D eigenvalue weighted by Crippen LogP contribution is 2.25. The summed E-state index contributed by atoms with van der Waals surface area (Å²) in [5, 5.41) is 14.1. The van der Waals surface area contributed by atoms with Gasteiger partial charge in [-0.1, -0.05) is 26.8 Å². The standard InChI is InChI=1S/C13H19BrN2O2/c1-13(2,3)6-7-15-9-10-4-5-11(14)12(8-10)16(17)18/h4-5,8,15H,6-7,9H2,1-3H3. The number of rotatable bonds is 5. The first-order valence-electron chi connectivity index (χ1n) is 5.93. The smallest absolute Gasteiger partial charge is 0.283 e. The molecule has 0 aliphatic heterocycles. The number of nitrogens with one attached hydrogen (secondary N) is 1. The van der Waals surface area contributed by atoms with Crippen LogP contribution in [0, 0.1) is 15.5 Å². The summed E-state index contributed by atoms with van der Waals surface area (Å²) in [4.78, 5) is 10.4. The predicted octanol–water partition coefficient (Wildman–Crippen LogP) is 3.88. The Morgan fingerprint density at radius 3 is 2.61 bits per heavy atom. The van der Waals surface area contributed by atoms with Gasteiger partial charge in [-0.15, -0.1) is 0 Å². The third-order valence-electron chi connectivity index (χ3n) is 2.59. The summed E-state index contributed by atoms with van der Waals surface area (Å²) in [6, 6.07) is 5.22. The Labute approximate surface area is 116 Å². The minimum Gasteiger partial charge on any atom is -0.313 e. The highest BCUT2D eigenvalue weighted by molar-refractivity contribution is 9.10. The molecule has 0 heterocycles. The van der Waals surface area contributed by atoms with Crippen LogP contribution in [-0.4, -0.2) is 11.5 Å². The van der Waals surface area contributed by atoms with E-state index in [9.17, 15) is 10.1 Å². The molecule has 0 aromatic heterocycles. The molecule has 18 heavy (non-hydrogen) atoms. The highest BCUT2D eigenvalue weighted by Gasteiger charge is 2.12. The van der Waals surface area contributed by atoms with Gasteiger partial charge < -0.3 is 5.32 Å². The quantitative estimate of drug-likeness (QED) is 0.509. The molecule has 0 spiro atoms. The Hall–Kier alpha value is -0.940. The van der Waals surface area contributed by atoms with Crippen molar-refractivity contribution in [2.45, 2.75) is 33.7 Å². The molecule has 0 aliphatic rings. The summed E-state index contributed by atoms with van der Waals surface area (Å²) < 4.78 is 0.519. The van der Waals surface area contributed by atoms with E-state index in [4.69, 9.17) is 0 Å².